The molecule has 3 atom stereocenters. The zero-order valence-corrected chi connectivity index (χ0v) is 25.9. The zero-order chi connectivity index (χ0) is 32.1. The average molecular weight is 600 g/mol. The fourth-order valence-corrected chi connectivity index (χ4v) is 5.95. The predicted octanol–water partition coefficient (Wildman–Crippen LogP) is 3.89. The van der Waals surface area contributed by atoms with Crippen molar-refractivity contribution in [1.29, 1.82) is 0 Å². The summed E-state index contributed by atoms with van der Waals surface area (Å²) in [5.74, 6) is 2.09. The van der Waals surface area contributed by atoms with Crippen molar-refractivity contribution in [3.05, 3.63) is 118 Å². The highest BCUT2D eigenvalue weighted by atomic mass is 16.5. The van der Waals surface area contributed by atoms with Crippen molar-refractivity contribution in [2.75, 3.05) is 14.2 Å². The first kappa shape index (κ1) is 32.1. The van der Waals surface area contributed by atoms with Crippen molar-refractivity contribution in [1.82, 2.24) is 19.5 Å². The van der Waals surface area contributed by atoms with Crippen LogP contribution in [0, 0.1) is 6.92 Å². The van der Waals surface area contributed by atoms with E-state index in [1.165, 1.54) is 6.33 Å². The summed E-state index contributed by atoms with van der Waals surface area (Å²) in [4.78, 5) is 22.7. The second kappa shape index (κ2) is 13.8. The largest absolute Gasteiger partial charge is 0.497 e. The summed E-state index contributed by atoms with van der Waals surface area (Å²) < 4.78 is 18.0. The van der Waals surface area contributed by atoms with Crippen LogP contribution in [0.3, 0.4) is 0 Å². The van der Waals surface area contributed by atoms with E-state index in [1.807, 2.05) is 73.7 Å². The van der Waals surface area contributed by atoms with Gasteiger partial charge in [0.15, 0.2) is 17.4 Å². The lowest BCUT2D eigenvalue weighted by molar-refractivity contribution is -0.0355. The molecule has 1 saturated heterocycles. The molecule has 45 heavy (non-hydrogen) atoms. The normalized spacial score (nSPS) is 17.8. The number of rotatable bonds is 8. The highest BCUT2D eigenvalue weighted by molar-refractivity contribution is 7.31. The number of aryl methyl sites for hydroxylation is 1. The van der Waals surface area contributed by atoms with Gasteiger partial charge in [0.05, 0.1) is 33.1 Å². The topological polar surface area (TPSA) is 111 Å². The van der Waals surface area contributed by atoms with Crippen LogP contribution in [0.1, 0.15) is 48.5 Å². The third-order valence-corrected chi connectivity index (χ3v) is 8.27. The molecule has 0 amide bonds. The third kappa shape index (κ3) is 6.30. The lowest BCUT2D eigenvalue weighted by Crippen LogP contribution is -2.47. The number of ether oxygens (including phenoxy) is 3. The fourth-order valence-electron chi connectivity index (χ4n) is 5.95. The van der Waals surface area contributed by atoms with Crippen LogP contribution < -0.4 is 15.0 Å². The molecule has 5 aromatic rings. The maximum absolute atomic E-state index is 11.8. The van der Waals surface area contributed by atoms with Crippen LogP contribution in [0.25, 0.3) is 11.2 Å². The molecular weight excluding hydrogens is 565 g/mol. The molecule has 1 aliphatic rings. The number of fused-ring (bicyclic) bond motifs is 1. The summed E-state index contributed by atoms with van der Waals surface area (Å²) in [7, 11) is 16.1. The van der Waals surface area contributed by atoms with Crippen LogP contribution in [0.15, 0.2) is 90.0 Å². The molecule has 12 heteroatoms. The lowest BCUT2D eigenvalue weighted by atomic mass is 9.08. The highest BCUT2D eigenvalue weighted by Gasteiger charge is 2.39. The van der Waals surface area contributed by atoms with E-state index in [1.54, 1.807) is 25.7 Å². The van der Waals surface area contributed by atoms with E-state index in [9.17, 15) is 9.90 Å². The average Bonchev–Trinajstić information content (AvgIpc) is 3.65. The Balaban J connectivity index is 0.000000186. The lowest BCUT2D eigenvalue weighted by Gasteiger charge is -2.40. The summed E-state index contributed by atoms with van der Waals surface area (Å²) in [5.41, 5.74) is 3.48. The molecule has 3 heterocycles. The number of imidazole rings is 1. The third-order valence-electron chi connectivity index (χ3n) is 8.27. The number of nitrogens with zero attached hydrogens (tertiary/aromatic N) is 3. The van der Waals surface area contributed by atoms with E-state index in [-0.39, 0.29) is 17.2 Å². The predicted molar refractivity (Wildman–Crippen MR) is 177 cm³/mol. The van der Waals surface area contributed by atoms with Gasteiger partial charge in [-0.3, -0.25) is 9.36 Å². The number of hydrogen-bond donors (Lipinski definition) is 2. The van der Waals surface area contributed by atoms with Gasteiger partial charge in [-0.2, -0.15) is 0 Å². The Morgan fingerprint density at radius 2 is 1.53 bits per heavy atom. The maximum Gasteiger partial charge on any atom is 0.279 e. The summed E-state index contributed by atoms with van der Waals surface area (Å²) in [5, 5.41) is 9.38. The Morgan fingerprint density at radius 1 is 0.978 bits per heavy atom. The molecule has 4 radical (unpaired) electrons. The Labute approximate surface area is 265 Å². The molecule has 0 aliphatic carbocycles. The molecule has 226 valence electrons. The van der Waals surface area contributed by atoms with E-state index in [2.05, 4.69) is 27.1 Å². The van der Waals surface area contributed by atoms with E-state index in [0.29, 0.717) is 17.9 Å². The van der Waals surface area contributed by atoms with Crippen molar-refractivity contribution >= 4 is 33.1 Å². The number of aromatic nitrogens is 4. The minimum atomic E-state index is -0.695. The van der Waals surface area contributed by atoms with E-state index < -0.39 is 24.1 Å². The van der Waals surface area contributed by atoms with Crippen molar-refractivity contribution < 1.29 is 19.3 Å². The minimum absolute atomic E-state index is 0.0283. The summed E-state index contributed by atoms with van der Waals surface area (Å²) in [6, 6.07) is 25.9. The van der Waals surface area contributed by atoms with Gasteiger partial charge < -0.3 is 24.3 Å². The number of nitrogens with one attached hydrogen (secondary N) is 1. The number of aliphatic hydroxyl groups is 1. The quantitative estimate of drug-likeness (QED) is 0.206. The minimum Gasteiger partial charge on any atom is -0.497 e. The second-order valence-corrected chi connectivity index (χ2v) is 11.0. The summed E-state index contributed by atoms with van der Waals surface area (Å²) in [6.07, 6.45) is 1.82. The number of aromatic amines is 1. The molecule has 3 aromatic carbocycles. The monoisotopic (exact) mass is 600 g/mol. The summed E-state index contributed by atoms with van der Waals surface area (Å²) in [6.45, 7) is 3.07. The van der Waals surface area contributed by atoms with E-state index in [4.69, 9.17) is 29.7 Å². The molecule has 1 fully saturated rings. The van der Waals surface area contributed by atoms with Crippen LogP contribution in [0.5, 0.6) is 11.5 Å². The van der Waals surface area contributed by atoms with Crippen molar-refractivity contribution in [2.24, 2.45) is 0 Å². The number of hydrogen-bond acceptors (Lipinski definition) is 7. The molecule has 9 nitrogen and oxygen atoms in total. The van der Waals surface area contributed by atoms with Crippen LogP contribution in [-0.4, -0.2) is 73.0 Å². The zero-order valence-electron chi connectivity index (χ0n) is 25.9. The number of methoxy groups -OCH3 is 2. The number of benzene rings is 3. The highest BCUT2D eigenvalue weighted by Crippen LogP contribution is 2.41. The van der Waals surface area contributed by atoms with Gasteiger partial charge in [0.2, 0.25) is 0 Å². The first-order valence-corrected chi connectivity index (χ1v) is 14.9. The molecule has 0 saturated carbocycles. The van der Waals surface area contributed by atoms with Crippen LogP contribution in [-0.2, 0) is 10.1 Å². The van der Waals surface area contributed by atoms with Crippen LogP contribution in [0.4, 0.5) is 0 Å². The standard InChI is InChI=1S/C21H19B3O2.C12H16N4O3/c1-25-19-12-8-17(9-13-19)21(24(22)23,16-6-4-3-5-7-16)18-10-14-20(26-2)15-11-18;1-3-7-4-8(17)12(19-7)16-5-13-9-10(16)14-6(2)15-11(9)18/h3-15H,1-2H3;5,7-8,12,17H,3-4H2,1-2H3,(H,14,15,18)/t;7-,8+,12-/m.1/s1. The molecule has 0 unspecified atom stereocenters. The maximum atomic E-state index is 11.8. The van der Waals surface area contributed by atoms with E-state index >= 15 is 0 Å². The van der Waals surface area contributed by atoms with E-state index in [0.717, 1.165) is 34.6 Å². The Morgan fingerprint density at radius 3 is 2.02 bits per heavy atom. The van der Waals surface area contributed by atoms with Gasteiger partial charge in [-0.05, 0) is 54.3 Å². The molecule has 1 aliphatic heterocycles. The summed E-state index contributed by atoms with van der Waals surface area (Å²) >= 11 is 0. The first-order chi connectivity index (χ1) is 21.7. The molecule has 0 spiro atoms. The van der Waals surface area contributed by atoms with Gasteiger partial charge in [-0.15, -0.1) is 0 Å². The Kier molecular flexibility index (Phi) is 9.85. The Bertz CT molecular complexity index is 1710. The molecule has 2 N–H and O–H groups in total. The molecule has 6 rings (SSSR count). The van der Waals surface area contributed by atoms with Gasteiger partial charge in [-0.25, -0.2) is 9.97 Å². The van der Waals surface area contributed by atoms with Gasteiger partial charge in [-0.1, -0.05) is 61.5 Å². The molecule has 0 bridgehead atoms. The van der Waals surface area contributed by atoms with Crippen LogP contribution >= 0.6 is 0 Å². The number of H-pyrrole nitrogens is 1. The second-order valence-electron chi connectivity index (χ2n) is 11.0. The van der Waals surface area contributed by atoms with Crippen molar-refractivity contribution in [3.8, 4) is 11.5 Å². The molecular formula is C33H35B3N4O5. The van der Waals surface area contributed by atoms with Gasteiger partial charge >= 0.3 is 0 Å². The van der Waals surface area contributed by atoms with Crippen LogP contribution in [0.2, 0.25) is 0 Å². The SMILES string of the molecule is CC[C@@H]1C[C@H](O)[C@H](n2cnc3c(=O)[nH]c(C)nc32)O1.[B]B([B])C(c1ccccc1)(c1ccc(OC)cc1)c1ccc(OC)cc1. The first-order valence-electron chi connectivity index (χ1n) is 14.9. The number of aliphatic hydroxyl groups excluding tert-OH is 1. The Hall–Kier alpha value is -4.28. The van der Waals surface area contributed by atoms with Crippen molar-refractivity contribution in [3.63, 3.8) is 0 Å². The molecule has 2 aromatic heterocycles. The smallest absolute Gasteiger partial charge is 0.279 e. The van der Waals surface area contributed by atoms with Gasteiger partial charge in [0, 0.05) is 27.2 Å². The van der Waals surface area contributed by atoms with Gasteiger partial charge in [0.25, 0.3) is 5.56 Å². The van der Waals surface area contributed by atoms with Gasteiger partial charge in [0.1, 0.15) is 23.4 Å². The fraction of sp³-hybridized carbons (Fsp3) is 0.303. The van der Waals surface area contributed by atoms with Crippen molar-refractivity contribution in [2.45, 2.75) is 50.4 Å².